The maximum absolute atomic E-state index is 6.54. The van der Waals surface area contributed by atoms with E-state index in [1.54, 1.807) is 6.33 Å². The number of fused-ring (bicyclic) bond motifs is 2. The summed E-state index contributed by atoms with van der Waals surface area (Å²) in [5.74, 6) is -0.315. The second kappa shape index (κ2) is 7.69. The zero-order chi connectivity index (χ0) is 20.9. The van der Waals surface area contributed by atoms with Crippen LogP contribution in [0.1, 0.15) is 45.8 Å². The van der Waals surface area contributed by atoms with Crippen LogP contribution in [-0.4, -0.2) is 74.2 Å². The number of imidazole rings is 1. The van der Waals surface area contributed by atoms with Crippen molar-refractivity contribution in [1.82, 2.24) is 24.4 Å². The van der Waals surface area contributed by atoms with E-state index in [0.717, 1.165) is 19.5 Å². The van der Waals surface area contributed by atoms with Crippen LogP contribution < -0.4 is 11.5 Å². The van der Waals surface area contributed by atoms with Crippen LogP contribution in [-0.2, 0) is 14.2 Å². The largest absolute Gasteiger partial charge is 0.382 e. The normalized spacial score (nSPS) is 30.8. The van der Waals surface area contributed by atoms with Crippen LogP contribution in [0.15, 0.2) is 12.7 Å². The number of nitrogens with two attached hydrogens (primary N) is 2. The van der Waals surface area contributed by atoms with Gasteiger partial charge in [-0.25, -0.2) is 15.0 Å². The van der Waals surface area contributed by atoms with Gasteiger partial charge in [-0.05, 0) is 46.2 Å². The molecular formula is C20H31N7O3. The first kappa shape index (κ1) is 20.1. The average molecular weight is 418 g/mol. The molecular weight excluding hydrogens is 386 g/mol. The monoisotopic (exact) mass is 417 g/mol. The lowest BCUT2D eigenvalue weighted by Gasteiger charge is -2.39. The standard InChI is InChI=1S/C20H31N7O3/c1-20(2)29-15-13(9-26(8-4-7-21)12-5-3-6-12)28-19(16(15)30-20)27-11-25-14-17(22)23-10-24-18(14)27/h10-13,15-16,19H,3-9,21H2,1-2H3,(H2,22,23,24)/t13-,15-,16-,19-/m1/s1. The second-order valence-electron chi connectivity index (χ2n) is 8.93. The molecule has 0 spiro atoms. The summed E-state index contributed by atoms with van der Waals surface area (Å²) in [4.78, 5) is 15.3. The fourth-order valence-electron chi connectivity index (χ4n) is 4.79. The van der Waals surface area contributed by atoms with E-state index in [4.69, 9.17) is 25.7 Å². The first-order valence-electron chi connectivity index (χ1n) is 10.8. The van der Waals surface area contributed by atoms with Crippen LogP contribution in [0.2, 0.25) is 0 Å². The lowest BCUT2D eigenvalue weighted by molar-refractivity contribution is -0.198. The maximum Gasteiger partial charge on any atom is 0.167 e. The van der Waals surface area contributed by atoms with E-state index in [0.29, 0.717) is 29.6 Å². The van der Waals surface area contributed by atoms with Gasteiger partial charge < -0.3 is 25.7 Å². The van der Waals surface area contributed by atoms with Gasteiger partial charge in [0, 0.05) is 12.6 Å². The summed E-state index contributed by atoms with van der Waals surface area (Å²) in [5, 5.41) is 0. The molecule has 10 heteroatoms. The molecule has 30 heavy (non-hydrogen) atoms. The third-order valence-corrected chi connectivity index (χ3v) is 6.44. The van der Waals surface area contributed by atoms with Crippen molar-refractivity contribution >= 4 is 17.0 Å². The van der Waals surface area contributed by atoms with Gasteiger partial charge in [0.2, 0.25) is 0 Å². The number of anilines is 1. The van der Waals surface area contributed by atoms with Gasteiger partial charge in [-0.1, -0.05) is 6.42 Å². The average Bonchev–Trinajstić information content (AvgIpc) is 3.30. The molecule has 1 aliphatic carbocycles. The van der Waals surface area contributed by atoms with Crippen LogP contribution in [0.5, 0.6) is 0 Å². The molecule has 2 saturated heterocycles. The van der Waals surface area contributed by atoms with Crippen LogP contribution in [0, 0.1) is 0 Å². The van der Waals surface area contributed by atoms with E-state index in [9.17, 15) is 0 Å². The Morgan fingerprint density at radius 3 is 2.73 bits per heavy atom. The minimum absolute atomic E-state index is 0.114. The quantitative estimate of drug-likeness (QED) is 0.679. The van der Waals surface area contributed by atoms with Crippen LogP contribution in [0.25, 0.3) is 11.2 Å². The Morgan fingerprint density at radius 2 is 2.00 bits per heavy atom. The van der Waals surface area contributed by atoms with Gasteiger partial charge in [0.15, 0.2) is 23.5 Å². The number of nitrogen functional groups attached to an aromatic ring is 1. The smallest absolute Gasteiger partial charge is 0.167 e. The molecule has 1 saturated carbocycles. The fourth-order valence-corrected chi connectivity index (χ4v) is 4.79. The fraction of sp³-hybridized carbons (Fsp3) is 0.750. The number of ether oxygens (including phenoxy) is 3. The van der Waals surface area contributed by atoms with Crippen molar-refractivity contribution in [3.8, 4) is 0 Å². The molecule has 0 bridgehead atoms. The molecule has 2 aromatic heterocycles. The van der Waals surface area contributed by atoms with Gasteiger partial charge in [-0.2, -0.15) is 0 Å². The highest BCUT2D eigenvalue weighted by Crippen LogP contribution is 2.44. The third-order valence-electron chi connectivity index (χ3n) is 6.44. The summed E-state index contributed by atoms with van der Waals surface area (Å²) in [5.41, 5.74) is 13.0. The van der Waals surface area contributed by atoms with Crippen molar-refractivity contribution in [3.05, 3.63) is 12.7 Å². The Kier molecular flexibility index (Phi) is 5.14. The lowest BCUT2D eigenvalue weighted by Crippen LogP contribution is -2.47. The molecule has 3 aliphatic rings. The highest BCUT2D eigenvalue weighted by molar-refractivity contribution is 5.81. The molecule has 3 fully saturated rings. The molecule has 2 aliphatic heterocycles. The SMILES string of the molecule is CC1(C)O[C@@H]2[C@H](O1)[C@@H](CN(CCCN)C1CCC1)O[C@H]2n1cnc2c(N)ncnc21. The summed E-state index contributed by atoms with van der Waals surface area (Å²) in [6, 6.07) is 0.606. The van der Waals surface area contributed by atoms with Crippen molar-refractivity contribution in [2.45, 2.75) is 75.9 Å². The summed E-state index contributed by atoms with van der Waals surface area (Å²) in [7, 11) is 0. The number of hydrogen-bond acceptors (Lipinski definition) is 9. The number of rotatable bonds is 7. The van der Waals surface area contributed by atoms with E-state index < -0.39 is 5.79 Å². The van der Waals surface area contributed by atoms with Crippen molar-refractivity contribution < 1.29 is 14.2 Å². The molecule has 0 unspecified atom stereocenters. The Hall–Kier alpha value is -1.85. The molecule has 10 nitrogen and oxygen atoms in total. The Labute approximate surface area is 175 Å². The highest BCUT2D eigenvalue weighted by atomic mass is 16.8. The Morgan fingerprint density at radius 1 is 1.20 bits per heavy atom. The lowest BCUT2D eigenvalue weighted by atomic mass is 9.91. The van der Waals surface area contributed by atoms with Crippen molar-refractivity contribution in [3.63, 3.8) is 0 Å². The zero-order valence-electron chi connectivity index (χ0n) is 17.6. The van der Waals surface area contributed by atoms with E-state index >= 15 is 0 Å². The van der Waals surface area contributed by atoms with E-state index in [2.05, 4.69) is 19.9 Å². The molecule has 0 radical (unpaired) electrons. The van der Waals surface area contributed by atoms with Crippen molar-refractivity contribution in [2.24, 2.45) is 5.73 Å². The van der Waals surface area contributed by atoms with E-state index in [-0.39, 0.29) is 24.5 Å². The first-order chi connectivity index (χ1) is 14.5. The molecule has 4 heterocycles. The van der Waals surface area contributed by atoms with Gasteiger partial charge in [0.05, 0.1) is 6.33 Å². The van der Waals surface area contributed by atoms with Gasteiger partial charge >= 0.3 is 0 Å². The first-order valence-corrected chi connectivity index (χ1v) is 10.8. The van der Waals surface area contributed by atoms with Gasteiger partial charge in [0.1, 0.15) is 30.2 Å². The number of aromatic nitrogens is 4. The molecule has 4 atom stereocenters. The van der Waals surface area contributed by atoms with Gasteiger partial charge in [-0.3, -0.25) is 9.47 Å². The highest BCUT2D eigenvalue weighted by Gasteiger charge is 2.56. The molecule has 2 aromatic rings. The van der Waals surface area contributed by atoms with Gasteiger partial charge in [-0.15, -0.1) is 0 Å². The Balaban J connectivity index is 1.42. The summed E-state index contributed by atoms with van der Waals surface area (Å²) in [6.07, 6.45) is 6.96. The number of hydrogen-bond donors (Lipinski definition) is 2. The minimum atomic E-state index is -0.668. The predicted octanol–water partition coefficient (Wildman–Crippen LogP) is 1.03. The predicted molar refractivity (Wildman–Crippen MR) is 110 cm³/mol. The minimum Gasteiger partial charge on any atom is -0.382 e. The topological polar surface area (TPSA) is 127 Å². The molecule has 5 rings (SSSR count). The van der Waals surface area contributed by atoms with Crippen LogP contribution in [0.3, 0.4) is 0 Å². The van der Waals surface area contributed by atoms with E-state index in [1.807, 2.05) is 18.4 Å². The molecule has 0 aromatic carbocycles. The third kappa shape index (κ3) is 3.46. The zero-order valence-corrected chi connectivity index (χ0v) is 17.6. The van der Waals surface area contributed by atoms with Crippen LogP contribution in [0.4, 0.5) is 5.82 Å². The molecule has 0 amide bonds. The molecule has 164 valence electrons. The second-order valence-corrected chi connectivity index (χ2v) is 8.93. The number of nitrogens with zero attached hydrogens (tertiary/aromatic N) is 5. The maximum atomic E-state index is 6.54. The summed E-state index contributed by atoms with van der Waals surface area (Å²) in [6.45, 7) is 6.36. The summed E-state index contributed by atoms with van der Waals surface area (Å²) >= 11 is 0. The van der Waals surface area contributed by atoms with E-state index in [1.165, 1.54) is 25.6 Å². The van der Waals surface area contributed by atoms with Gasteiger partial charge in [0.25, 0.3) is 0 Å². The van der Waals surface area contributed by atoms with Crippen LogP contribution >= 0.6 is 0 Å². The molecule has 4 N–H and O–H groups in total. The van der Waals surface area contributed by atoms with Crippen molar-refractivity contribution in [2.75, 3.05) is 25.4 Å². The Bertz CT molecular complexity index is 900. The summed E-state index contributed by atoms with van der Waals surface area (Å²) < 4.78 is 21.0. The van der Waals surface area contributed by atoms with Crippen molar-refractivity contribution in [1.29, 1.82) is 0 Å².